The molecule has 0 saturated heterocycles. The molecule has 1 aliphatic heterocycles. The number of aliphatic imine (C=N–C) groups is 2. The molecule has 108 valence electrons. The molecule has 1 aromatic rings. The van der Waals surface area contributed by atoms with E-state index in [1.54, 1.807) is 0 Å². The number of guanidine groups is 1. The number of aryl methyl sites for hydroxylation is 1. The molecule has 20 heavy (non-hydrogen) atoms. The molecule has 0 aromatic carbocycles. The molecule has 1 fully saturated rings. The van der Waals surface area contributed by atoms with E-state index >= 15 is 0 Å². The standard InChI is InChI=1S/C14H22N6/c1-16-14(15)17-11-6-4-5-10(9-11)13-19-18-12-7-2-3-8-20(12)13/h10-11H,1-9H2,(H2,15,17)/t10-,11+/m0/s1. The van der Waals surface area contributed by atoms with E-state index in [4.69, 9.17) is 5.73 Å². The van der Waals surface area contributed by atoms with Crippen molar-refractivity contribution in [3.63, 3.8) is 0 Å². The molecule has 3 rings (SSSR count). The van der Waals surface area contributed by atoms with Crippen LogP contribution in [0.4, 0.5) is 0 Å². The van der Waals surface area contributed by atoms with Crippen LogP contribution >= 0.6 is 0 Å². The lowest BCUT2D eigenvalue weighted by molar-refractivity contribution is 0.367. The maximum atomic E-state index is 5.67. The largest absolute Gasteiger partial charge is 0.368 e. The number of nitrogens with zero attached hydrogens (tertiary/aromatic N) is 5. The summed E-state index contributed by atoms with van der Waals surface area (Å²) >= 11 is 0. The van der Waals surface area contributed by atoms with Crippen molar-refractivity contribution < 1.29 is 0 Å². The van der Waals surface area contributed by atoms with Crippen molar-refractivity contribution in [2.75, 3.05) is 0 Å². The van der Waals surface area contributed by atoms with Gasteiger partial charge in [0.05, 0.1) is 6.04 Å². The zero-order valence-electron chi connectivity index (χ0n) is 11.8. The van der Waals surface area contributed by atoms with Gasteiger partial charge in [0.1, 0.15) is 11.6 Å². The molecular weight excluding hydrogens is 252 g/mol. The van der Waals surface area contributed by atoms with E-state index in [2.05, 4.69) is 31.5 Å². The molecule has 0 bridgehead atoms. The van der Waals surface area contributed by atoms with Crippen LogP contribution in [0.2, 0.25) is 0 Å². The monoisotopic (exact) mass is 274 g/mol. The molecule has 1 saturated carbocycles. The van der Waals surface area contributed by atoms with E-state index in [0.29, 0.717) is 11.9 Å². The molecule has 2 atom stereocenters. The van der Waals surface area contributed by atoms with Gasteiger partial charge < -0.3 is 10.3 Å². The molecule has 0 spiro atoms. The third-order valence-electron chi connectivity index (χ3n) is 4.38. The van der Waals surface area contributed by atoms with E-state index in [1.165, 1.54) is 19.3 Å². The topological polar surface area (TPSA) is 81.4 Å². The molecule has 0 radical (unpaired) electrons. The zero-order chi connectivity index (χ0) is 13.9. The van der Waals surface area contributed by atoms with Crippen LogP contribution < -0.4 is 5.73 Å². The molecule has 1 aromatic heterocycles. The number of rotatable bonds is 2. The van der Waals surface area contributed by atoms with E-state index in [0.717, 1.165) is 43.9 Å². The van der Waals surface area contributed by atoms with Crippen molar-refractivity contribution in [3.8, 4) is 0 Å². The van der Waals surface area contributed by atoms with E-state index in [9.17, 15) is 0 Å². The van der Waals surface area contributed by atoms with Crippen molar-refractivity contribution in [1.82, 2.24) is 14.8 Å². The van der Waals surface area contributed by atoms with Crippen molar-refractivity contribution in [2.24, 2.45) is 15.7 Å². The van der Waals surface area contributed by atoms with Crippen molar-refractivity contribution in [1.29, 1.82) is 0 Å². The van der Waals surface area contributed by atoms with Gasteiger partial charge in [0, 0.05) is 18.9 Å². The van der Waals surface area contributed by atoms with Gasteiger partial charge in [-0.3, -0.25) is 0 Å². The van der Waals surface area contributed by atoms with Gasteiger partial charge in [0.2, 0.25) is 5.96 Å². The highest BCUT2D eigenvalue weighted by Gasteiger charge is 2.28. The van der Waals surface area contributed by atoms with Crippen LogP contribution in [0.15, 0.2) is 9.98 Å². The highest BCUT2D eigenvalue weighted by molar-refractivity contribution is 5.82. The first-order valence-corrected chi connectivity index (χ1v) is 7.50. The summed E-state index contributed by atoms with van der Waals surface area (Å²) in [6.07, 6.45) is 7.94. The quantitative estimate of drug-likeness (QED) is 0.657. The molecule has 1 aliphatic carbocycles. The second-order valence-electron chi connectivity index (χ2n) is 5.75. The number of aromatic nitrogens is 3. The van der Waals surface area contributed by atoms with Crippen molar-refractivity contribution in [3.05, 3.63) is 11.6 Å². The minimum Gasteiger partial charge on any atom is -0.368 e. The van der Waals surface area contributed by atoms with Crippen LogP contribution in [0.25, 0.3) is 0 Å². The average Bonchev–Trinajstić information content (AvgIpc) is 2.91. The minimum atomic E-state index is 0.246. The van der Waals surface area contributed by atoms with Gasteiger partial charge in [-0.2, -0.15) is 0 Å². The fourth-order valence-electron chi connectivity index (χ4n) is 3.38. The SMILES string of the molecule is C=NC(N)=N[C@@H]1CCC[C@H](c2nnc3n2CCCC3)C1. The molecular formula is C14H22N6. The van der Waals surface area contributed by atoms with Crippen molar-refractivity contribution >= 4 is 12.7 Å². The predicted octanol–water partition coefficient (Wildman–Crippen LogP) is 1.66. The molecule has 6 nitrogen and oxygen atoms in total. The fraction of sp³-hybridized carbons (Fsp3) is 0.714. The molecule has 2 heterocycles. The predicted molar refractivity (Wildman–Crippen MR) is 79.1 cm³/mol. The third-order valence-corrected chi connectivity index (χ3v) is 4.38. The van der Waals surface area contributed by atoms with Gasteiger partial charge in [-0.25, -0.2) is 9.98 Å². The summed E-state index contributed by atoms with van der Waals surface area (Å²) in [4.78, 5) is 8.12. The summed E-state index contributed by atoms with van der Waals surface area (Å²) in [7, 11) is 0. The third kappa shape index (κ3) is 2.59. The Morgan fingerprint density at radius 1 is 1.25 bits per heavy atom. The lowest BCUT2D eigenvalue weighted by Gasteiger charge is -2.27. The van der Waals surface area contributed by atoms with E-state index in [-0.39, 0.29) is 6.04 Å². The van der Waals surface area contributed by atoms with Gasteiger partial charge >= 0.3 is 0 Å². The minimum absolute atomic E-state index is 0.246. The molecule has 2 N–H and O–H groups in total. The van der Waals surface area contributed by atoms with Crippen LogP contribution in [-0.2, 0) is 13.0 Å². The van der Waals surface area contributed by atoms with Crippen LogP contribution in [-0.4, -0.2) is 33.5 Å². The van der Waals surface area contributed by atoms with Gasteiger partial charge in [-0.05, 0) is 38.8 Å². The Kier molecular flexibility index (Phi) is 3.80. The summed E-state index contributed by atoms with van der Waals surface area (Å²) in [5.41, 5.74) is 5.67. The second-order valence-corrected chi connectivity index (χ2v) is 5.75. The van der Waals surface area contributed by atoms with Gasteiger partial charge in [0.15, 0.2) is 0 Å². The van der Waals surface area contributed by atoms with Gasteiger partial charge in [-0.15, -0.1) is 10.2 Å². The van der Waals surface area contributed by atoms with Crippen LogP contribution in [0.5, 0.6) is 0 Å². The molecule has 2 aliphatic rings. The molecule has 0 unspecified atom stereocenters. The van der Waals surface area contributed by atoms with E-state index < -0.39 is 0 Å². The Balaban J connectivity index is 1.77. The summed E-state index contributed by atoms with van der Waals surface area (Å²) < 4.78 is 2.33. The molecule has 6 heteroatoms. The summed E-state index contributed by atoms with van der Waals surface area (Å²) in [5, 5.41) is 8.81. The van der Waals surface area contributed by atoms with Gasteiger partial charge in [-0.1, -0.05) is 6.42 Å². The summed E-state index contributed by atoms with van der Waals surface area (Å²) in [5.74, 6) is 3.07. The highest BCUT2D eigenvalue weighted by Crippen LogP contribution is 2.34. The van der Waals surface area contributed by atoms with Crippen LogP contribution in [0.1, 0.15) is 56.1 Å². The molecule has 0 amide bonds. The maximum Gasteiger partial charge on any atom is 0.214 e. The normalized spacial score (nSPS) is 27.1. The number of fused-ring (bicyclic) bond motifs is 1. The number of hydrogen-bond acceptors (Lipinski definition) is 3. The summed E-state index contributed by atoms with van der Waals surface area (Å²) in [6.45, 7) is 4.49. The van der Waals surface area contributed by atoms with E-state index in [1.807, 2.05) is 0 Å². The summed E-state index contributed by atoms with van der Waals surface area (Å²) in [6, 6.07) is 0.246. The number of nitrogens with two attached hydrogens (primary N) is 1. The Labute approximate surface area is 119 Å². The zero-order valence-corrected chi connectivity index (χ0v) is 11.8. The van der Waals surface area contributed by atoms with Gasteiger partial charge in [0.25, 0.3) is 0 Å². The Morgan fingerprint density at radius 3 is 3.00 bits per heavy atom. The van der Waals surface area contributed by atoms with Crippen molar-refractivity contribution in [2.45, 2.75) is 63.5 Å². The lowest BCUT2D eigenvalue weighted by atomic mass is 9.85. The first-order valence-electron chi connectivity index (χ1n) is 7.50. The first-order chi connectivity index (χ1) is 9.78. The Bertz CT molecular complexity index is 518. The van der Waals surface area contributed by atoms with Crippen LogP contribution in [0.3, 0.4) is 0 Å². The Hall–Kier alpha value is -1.72. The average molecular weight is 274 g/mol. The lowest BCUT2D eigenvalue weighted by Crippen LogP contribution is -2.24. The first kappa shape index (κ1) is 13.3. The Morgan fingerprint density at radius 2 is 2.15 bits per heavy atom. The number of hydrogen-bond donors (Lipinski definition) is 1. The smallest absolute Gasteiger partial charge is 0.214 e. The van der Waals surface area contributed by atoms with Crippen LogP contribution in [0, 0.1) is 0 Å². The highest BCUT2D eigenvalue weighted by atomic mass is 15.3. The maximum absolute atomic E-state index is 5.67. The fourth-order valence-corrected chi connectivity index (χ4v) is 3.38. The second kappa shape index (κ2) is 5.73.